The van der Waals surface area contributed by atoms with E-state index in [0.717, 1.165) is 31.3 Å². The van der Waals surface area contributed by atoms with Crippen molar-refractivity contribution in [3.8, 4) is 0 Å². The van der Waals surface area contributed by atoms with Crippen LogP contribution in [0, 0.1) is 0 Å². The highest BCUT2D eigenvalue weighted by Crippen LogP contribution is 2.39. The van der Waals surface area contributed by atoms with Crippen LogP contribution in [-0.4, -0.2) is 41.0 Å². The lowest BCUT2D eigenvalue weighted by Crippen LogP contribution is -2.48. The highest BCUT2D eigenvalue weighted by atomic mass is 15.2. The van der Waals surface area contributed by atoms with E-state index in [4.69, 9.17) is 0 Å². The van der Waals surface area contributed by atoms with Crippen LogP contribution in [0.5, 0.6) is 0 Å². The van der Waals surface area contributed by atoms with Crippen LogP contribution < -0.4 is 5.32 Å². The molecule has 4 heteroatoms. The molecule has 0 amide bonds. The van der Waals surface area contributed by atoms with E-state index in [0.29, 0.717) is 6.04 Å². The molecule has 4 nitrogen and oxygen atoms in total. The molecule has 1 aromatic heterocycles. The zero-order chi connectivity index (χ0) is 15.9. The maximum Gasteiger partial charge on any atom is 0.132 e. The van der Waals surface area contributed by atoms with Crippen molar-refractivity contribution in [1.82, 2.24) is 20.2 Å². The Hall–Kier alpha value is -1.78. The maximum absolute atomic E-state index is 4.58. The molecule has 0 radical (unpaired) electrons. The highest BCUT2D eigenvalue weighted by Gasteiger charge is 2.29. The summed E-state index contributed by atoms with van der Waals surface area (Å²) in [6.07, 6.45) is 8.68. The van der Waals surface area contributed by atoms with Crippen LogP contribution in [0.1, 0.15) is 52.9 Å². The first kappa shape index (κ1) is 14.6. The molecule has 1 N–H and O–H groups in total. The zero-order valence-electron chi connectivity index (χ0n) is 14.0. The van der Waals surface area contributed by atoms with Gasteiger partial charge in [0.05, 0.1) is 0 Å². The van der Waals surface area contributed by atoms with E-state index in [1.54, 1.807) is 0 Å². The summed E-state index contributed by atoms with van der Waals surface area (Å²) in [5, 5.41) is 3.54. The minimum atomic E-state index is 0.561. The fourth-order valence-corrected chi connectivity index (χ4v) is 4.16. The molecule has 5 rings (SSSR count). The smallest absolute Gasteiger partial charge is 0.132 e. The first-order chi connectivity index (χ1) is 11.9. The first-order valence-electron chi connectivity index (χ1n) is 9.24. The second kappa shape index (κ2) is 5.94. The van der Waals surface area contributed by atoms with Crippen molar-refractivity contribution in [3.63, 3.8) is 0 Å². The fraction of sp³-hybridized carbons (Fsp3) is 0.500. The van der Waals surface area contributed by atoms with Gasteiger partial charge in [0, 0.05) is 51.0 Å². The average molecular weight is 320 g/mol. The van der Waals surface area contributed by atoms with E-state index >= 15 is 0 Å². The Morgan fingerprint density at radius 2 is 2.00 bits per heavy atom. The van der Waals surface area contributed by atoms with Crippen molar-refractivity contribution >= 4 is 0 Å². The molecule has 3 aliphatic rings. The van der Waals surface area contributed by atoms with E-state index in [1.165, 1.54) is 54.6 Å². The summed E-state index contributed by atoms with van der Waals surface area (Å²) in [4.78, 5) is 11.8. The molecule has 0 unspecified atom stereocenters. The lowest BCUT2D eigenvalue weighted by atomic mass is 9.89. The lowest BCUT2D eigenvalue weighted by Gasteiger charge is -2.41. The summed E-state index contributed by atoms with van der Waals surface area (Å²) in [6.45, 7) is 4.57. The topological polar surface area (TPSA) is 41.1 Å². The van der Waals surface area contributed by atoms with Crippen LogP contribution in [0.15, 0.2) is 30.6 Å². The Bertz CT molecular complexity index is 736. The van der Waals surface area contributed by atoms with Crippen LogP contribution in [0.3, 0.4) is 0 Å². The average Bonchev–Trinajstić information content (AvgIpc) is 3.47. The number of hydrogen-bond donors (Lipinski definition) is 1. The molecule has 2 aliphatic heterocycles. The second-order valence-corrected chi connectivity index (χ2v) is 7.42. The first-order valence-corrected chi connectivity index (χ1v) is 9.24. The Morgan fingerprint density at radius 3 is 2.83 bits per heavy atom. The van der Waals surface area contributed by atoms with E-state index < -0.39 is 0 Å². The van der Waals surface area contributed by atoms with Gasteiger partial charge in [-0.25, -0.2) is 9.97 Å². The molecular formula is C20H24N4. The molecule has 24 heavy (non-hydrogen) atoms. The molecule has 1 aliphatic carbocycles. The quantitative estimate of drug-likeness (QED) is 0.943. The third kappa shape index (κ3) is 2.74. The second-order valence-electron chi connectivity index (χ2n) is 7.42. The van der Waals surface area contributed by atoms with Crippen molar-refractivity contribution in [2.75, 3.05) is 26.2 Å². The van der Waals surface area contributed by atoms with Gasteiger partial charge < -0.3 is 5.32 Å². The predicted octanol–water partition coefficient (Wildman–Crippen LogP) is 2.45. The van der Waals surface area contributed by atoms with Gasteiger partial charge in [-0.2, -0.15) is 0 Å². The Balaban J connectivity index is 1.35. The summed E-state index contributed by atoms with van der Waals surface area (Å²) in [6, 6.07) is 7.56. The Kier molecular flexibility index (Phi) is 3.60. The number of hydrogen-bond acceptors (Lipinski definition) is 4. The van der Waals surface area contributed by atoms with Crippen molar-refractivity contribution in [2.24, 2.45) is 0 Å². The van der Waals surface area contributed by atoms with Crippen molar-refractivity contribution in [2.45, 2.75) is 37.6 Å². The van der Waals surface area contributed by atoms with Gasteiger partial charge in [0.1, 0.15) is 5.82 Å². The van der Waals surface area contributed by atoms with Gasteiger partial charge in [-0.15, -0.1) is 0 Å². The number of rotatable bonds is 3. The minimum absolute atomic E-state index is 0.561. The number of nitrogens with zero attached hydrogens (tertiary/aromatic N) is 3. The van der Waals surface area contributed by atoms with Crippen LogP contribution in [-0.2, 0) is 12.8 Å². The lowest BCUT2D eigenvalue weighted by molar-refractivity contribution is 0.152. The fourth-order valence-electron chi connectivity index (χ4n) is 4.16. The zero-order valence-corrected chi connectivity index (χ0v) is 14.0. The normalized spacial score (nSPS) is 23.6. The van der Waals surface area contributed by atoms with E-state index in [1.807, 2.05) is 12.4 Å². The molecule has 0 spiro atoms. The van der Waals surface area contributed by atoms with E-state index in [-0.39, 0.29) is 0 Å². The van der Waals surface area contributed by atoms with Crippen LogP contribution in [0.2, 0.25) is 0 Å². The van der Waals surface area contributed by atoms with Gasteiger partial charge in [0.2, 0.25) is 0 Å². The number of piperazine rings is 1. The summed E-state index contributed by atoms with van der Waals surface area (Å²) in [5.41, 5.74) is 5.69. The molecule has 0 bridgehead atoms. The molecule has 2 fully saturated rings. The van der Waals surface area contributed by atoms with Crippen molar-refractivity contribution in [3.05, 3.63) is 58.7 Å². The molecule has 1 saturated heterocycles. The van der Waals surface area contributed by atoms with Gasteiger partial charge in [-0.05, 0) is 47.4 Å². The number of fused-ring (bicyclic) bond motifs is 3. The van der Waals surface area contributed by atoms with E-state index in [2.05, 4.69) is 38.4 Å². The summed E-state index contributed by atoms with van der Waals surface area (Å²) in [5.74, 6) is 1.67. The highest BCUT2D eigenvalue weighted by molar-refractivity contribution is 5.38. The predicted molar refractivity (Wildman–Crippen MR) is 94.1 cm³/mol. The molecule has 1 aromatic carbocycles. The van der Waals surface area contributed by atoms with Crippen LogP contribution in [0.4, 0.5) is 0 Å². The van der Waals surface area contributed by atoms with Crippen LogP contribution >= 0.6 is 0 Å². The van der Waals surface area contributed by atoms with Crippen molar-refractivity contribution in [1.29, 1.82) is 0 Å². The summed E-state index contributed by atoms with van der Waals surface area (Å²) in [7, 11) is 0. The van der Waals surface area contributed by atoms with Gasteiger partial charge >= 0.3 is 0 Å². The van der Waals surface area contributed by atoms with Crippen LogP contribution in [0.25, 0.3) is 0 Å². The van der Waals surface area contributed by atoms with Gasteiger partial charge in [0.15, 0.2) is 0 Å². The number of aromatic nitrogens is 2. The SMILES string of the molecule is c1cc2c(cc1Cc1ncc(C3CC3)cn1)CCN1CCNC[C@@H]21. The number of nitrogens with one attached hydrogen (secondary N) is 1. The molecule has 124 valence electrons. The third-order valence-electron chi connectivity index (χ3n) is 5.73. The summed E-state index contributed by atoms with van der Waals surface area (Å²) >= 11 is 0. The van der Waals surface area contributed by atoms with Crippen molar-refractivity contribution < 1.29 is 0 Å². The van der Waals surface area contributed by atoms with Gasteiger partial charge in [0.25, 0.3) is 0 Å². The number of benzene rings is 1. The minimum Gasteiger partial charge on any atom is -0.314 e. The largest absolute Gasteiger partial charge is 0.314 e. The molecular weight excluding hydrogens is 296 g/mol. The van der Waals surface area contributed by atoms with Gasteiger partial charge in [-0.1, -0.05) is 18.2 Å². The molecule has 3 heterocycles. The monoisotopic (exact) mass is 320 g/mol. The maximum atomic E-state index is 4.58. The third-order valence-corrected chi connectivity index (χ3v) is 5.73. The standard InChI is InChI=1S/C20H24N4/c1-4-18-16(5-7-24-8-6-21-13-19(18)24)9-14(1)10-20-22-11-17(12-23-20)15-2-3-15/h1,4,9,11-12,15,19,21H,2-3,5-8,10,13H2/t19-/m0/s1. The molecule has 1 atom stereocenters. The molecule has 1 saturated carbocycles. The van der Waals surface area contributed by atoms with E-state index in [9.17, 15) is 0 Å². The van der Waals surface area contributed by atoms with Gasteiger partial charge in [-0.3, -0.25) is 4.90 Å². The molecule has 2 aromatic rings. The Morgan fingerprint density at radius 1 is 1.12 bits per heavy atom. The summed E-state index contributed by atoms with van der Waals surface area (Å²) < 4.78 is 0. The Labute approximate surface area is 143 Å².